The third kappa shape index (κ3) is 1.96. The Bertz CT molecular complexity index is 549. The zero-order chi connectivity index (χ0) is 14.2. The molecule has 0 atom stereocenters. The molecule has 0 amide bonds. The molecule has 1 fully saturated rings. The molecule has 7 heteroatoms. The van der Waals surface area contributed by atoms with Gasteiger partial charge in [0, 0.05) is 6.07 Å². The number of hydrogen-bond acceptors (Lipinski definition) is 5. The van der Waals surface area contributed by atoms with E-state index in [2.05, 4.69) is 0 Å². The number of ether oxygens (including phenoxy) is 2. The van der Waals surface area contributed by atoms with Crippen LogP contribution in [0.4, 0.5) is 5.69 Å². The summed E-state index contributed by atoms with van der Waals surface area (Å²) in [6.45, 7) is 0. The number of hydrogen-bond donors (Lipinski definition) is 1. The molecule has 0 saturated heterocycles. The van der Waals surface area contributed by atoms with Gasteiger partial charge in [0.05, 0.1) is 24.6 Å². The van der Waals surface area contributed by atoms with Gasteiger partial charge in [-0.15, -0.1) is 0 Å². The average molecular weight is 267 g/mol. The number of benzene rings is 1. The number of nitro groups is 1. The number of nitrogens with zero attached hydrogens (tertiary/aromatic N) is 1. The van der Waals surface area contributed by atoms with Crippen LogP contribution in [0, 0.1) is 10.1 Å². The van der Waals surface area contributed by atoms with Crippen LogP contribution in [0.2, 0.25) is 0 Å². The van der Waals surface area contributed by atoms with Gasteiger partial charge in [0.15, 0.2) is 5.75 Å². The number of aliphatic carboxylic acids is 1. The Morgan fingerprint density at radius 2 is 2.00 bits per heavy atom. The summed E-state index contributed by atoms with van der Waals surface area (Å²) >= 11 is 0. The van der Waals surface area contributed by atoms with Crippen LogP contribution in [-0.2, 0) is 10.2 Å². The second kappa shape index (κ2) is 4.42. The van der Waals surface area contributed by atoms with Gasteiger partial charge in [-0.25, -0.2) is 0 Å². The maximum absolute atomic E-state index is 11.3. The number of carboxylic acid groups (broad SMARTS) is 1. The molecule has 1 aromatic rings. The molecular weight excluding hydrogens is 254 g/mol. The number of nitro benzene ring substituents is 1. The second-order valence-electron chi connectivity index (χ2n) is 4.38. The molecule has 1 aliphatic carbocycles. The zero-order valence-corrected chi connectivity index (χ0v) is 10.5. The van der Waals surface area contributed by atoms with Gasteiger partial charge in [0.25, 0.3) is 0 Å². The lowest BCUT2D eigenvalue weighted by Gasteiger charge is -2.14. The van der Waals surface area contributed by atoms with Gasteiger partial charge in [-0.3, -0.25) is 14.9 Å². The minimum atomic E-state index is -1.02. The first-order chi connectivity index (χ1) is 8.96. The largest absolute Gasteiger partial charge is 0.493 e. The number of carbonyl (C=O) groups is 1. The molecule has 2 rings (SSSR count). The first kappa shape index (κ1) is 13.1. The maximum atomic E-state index is 11.3. The summed E-state index contributed by atoms with van der Waals surface area (Å²) in [5.41, 5.74) is -0.932. The molecule has 0 radical (unpaired) electrons. The van der Waals surface area contributed by atoms with Crippen molar-refractivity contribution in [3.05, 3.63) is 27.8 Å². The molecule has 0 aromatic heterocycles. The summed E-state index contributed by atoms with van der Waals surface area (Å²) in [5.74, 6) is -0.814. The lowest BCUT2D eigenvalue weighted by molar-refractivity contribution is -0.385. The summed E-state index contributed by atoms with van der Waals surface area (Å²) in [5, 5.41) is 20.3. The van der Waals surface area contributed by atoms with Crippen molar-refractivity contribution in [2.75, 3.05) is 14.2 Å². The SMILES string of the molecule is COc1cc(C2(C(=O)O)CC2)cc([N+](=O)[O-])c1OC. The van der Waals surface area contributed by atoms with Crippen molar-refractivity contribution < 1.29 is 24.3 Å². The van der Waals surface area contributed by atoms with Gasteiger partial charge in [-0.2, -0.15) is 0 Å². The highest BCUT2D eigenvalue weighted by Crippen LogP contribution is 2.52. The van der Waals surface area contributed by atoms with Crippen molar-refractivity contribution in [3.8, 4) is 11.5 Å². The topological polar surface area (TPSA) is 98.9 Å². The van der Waals surface area contributed by atoms with Crippen LogP contribution < -0.4 is 9.47 Å². The Morgan fingerprint density at radius 3 is 2.37 bits per heavy atom. The zero-order valence-electron chi connectivity index (χ0n) is 10.5. The molecule has 0 bridgehead atoms. The van der Waals surface area contributed by atoms with Crippen molar-refractivity contribution >= 4 is 11.7 Å². The van der Waals surface area contributed by atoms with E-state index in [9.17, 15) is 20.0 Å². The lowest BCUT2D eigenvalue weighted by Crippen LogP contribution is -2.19. The van der Waals surface area contributed by atoms with E-state index in [-0.39, 0.29) is 17.2 Å². The molecule has 19 heavy (non-hydrogen) atoms. The molecule has 1 N–H and O–H groups in total. The van der Waals surface area contributed by atoms with E-state index in [1.165, 1.54) is 26.4 Å². The number of carboxylic acids is 1. The molecule has 0 aliphatic heterocycles. The third-order valence-electron chi connectivity index (χ3n) is 3.37. The number of methoxy groups -OCH3 is 2. The second-order valence-corrected chi connectivity index (χ2v) is 4.38. The van der Waals surface area contributed by atoms with Gasteiger partial charge >= 0.3 is 11.7 Å². The molecule has 7 nitrogen and oxygen atoms in total. The quantitative estimate of drug-likeness (QED) is 0.644. The van der Waals surface area contributed by atoms with Crippen molar-refractivity contribution in [2.45, 2.75) is 18.3 Å². The molecular formula is C12H13NO6. The Balaban J connectivity index is 2.62. The predicted octanol–water partition coefficient (Wildman–Crippen LogP) is 1.73. The van der Waals surface area contributed by atoms with Crippen LogP contribution in [0.1, 0.15) is 18.4 Å². The van der Waals surface area contributed by atoms with Crippen LogP contribution in [0.15, 0.2) is 12.1 Å². The van der Waals surface area contributed by atoms with Crippen molar-refractivity contribution in [1.29, 1.82) is 0 Å². The highest BCUT2D eigenvalue weighted by atomic mass is 16.6. The fourth-order valence-electron chi connectivity index (χ4n) is 2.11. The Hall–Kier alpha value is -2.31. The molecule has 0 heterocycles. The first-order valence-electron chi connectivity index (χ1n) is 5.60. The van der Waals surface area contributed by atoms with E-state index in [0.717, 1.165) is 0 Å². The van der Waals surface area contributed by atoms with E-state index in [4.69, 9.17) is 9.47 Å². The minimum absolute atomic E-state index is 0.00237. The van der Waals surface area contributed by atoms with E-state index in [0.29, 0.717) is 18.4 Å². The maximum Gasteiger partial charge on any atom is 0.315 e. The molecule has 1 aliphatic rings. The Labute approximate surface area is 108 Å². The monoisotopic (exact) mass is 267 g/mol. The summed E-state index contributed by atoms with van der Waals surface area (Å²) in [6.07, 6.45) is 0.934. The Morgan fingerprint density at radius 1 is 1.37 bits per heavy atom. The van der Waals surface area contributed by atoms with Crippen LogP contribution in [0.25, 0.3) is 0 Å². The minimum Gasteiger partial charge on any atom is -0.493 e. The fraction of sp³-hybridized carbons (Fsp3) is 0.417. The number of rotatable bonds is 5. The molecule has 1 aromatic carbocycles. The third-order valence-corrected chi connectivity index (χ3v) is 3.37. The van der Waals surface area contributed by atoms with Crippen LogP contribution in [-0.4, -0.2) is 30.2 Å². The predicted molar refractivity (Wildman–Crippen MR) is 64.7 cm³/mol. The highest BCUT2D eigenvalue weighted by molar-refractivity contribution is 5.85. The summed E-state index contributed by atoms with van der Waals surface area (Å²) in [4.78, 5) is 21.7. The Kier molecular flexibility index (Phi) is 3.05. The first-order valence-corrected chi connectivity index (χ1v) is 5.60. The fourth-order valence-corrected chi connectivity index (χ4v) is 2.11. The normalized spacial score (nSPS) is 15.7. The average Bonchev–Trinajstić information content (AvgIpc) is 3.18. The smallest absolute Gasteiger partial charge is 0.315 e. The van der Waals surface area contributed by atoms with Crippen LogP contribution in [0.3, 0.4) is 0 Å². The lowest BCUT2D eigenvalue weighted by atomic mass is 9.95. The van der Waals surface area contributed by atoms with E-state index in [1.54, 1.807) is 0 Å². The highest BCUT2D eigenvalue weighted by Gasteiger charge is 2.52. The summed E-state index contributed by atoms with van der Waals surface area (Å²) in [7, 11) is 2.65. The van der Waals surface area contributed by atoms with E-state index >= 15 is 0 Å². The van der Waals surface area contributed by atoms with Crippen LogP contribution >= 0.6 is 0 Å². The van der Waals surface area contributed by atoms with Gasteiger partial charge in [0.1, 0.15) is 0 Å². The van der Waals surface area contributed by atoms with Crippen LogP contribution in [0.5, 0.6) is 11.5 Å². The van der Waals surface area contributed by atoms with Crippen molar-refractivity contribution in [1.82, 2.24) is 0 Å². The van der Waals surface area contributed by atoms with Gasteiger partial charge in [-0.05, 0) is 24.5 Å². The van der Waals surface area contributed by atoms with E-state index < -0.39 is 16.3 Å². The molecule has 102 valence electrons. The molecule has 0 spiro atoms. The molecule has 1 saturated carbocycles. The van der Waals surface area contributed by atoms with Gasteiger partial charge < -0.3 is 14.6 Å². The summed E-state index contributed by atoms with van der Waals surface area (Å²) < 4.78 is 10.0. The van der Waals surface area contributed by atoms with E-state index in [1.807, 2.05) is 0 Å². The standard InChI is InChI=1S/C12H13NO6/c1-18-9-6-7(12(3-4-12)11(14)15)5-8(13(16)17)10(9)19-2/h5-6H,3-4H2,1-2H3,(H,14,15). The summed E-state index contributed by atoms with van der Waals surface area (Å²) in [6, 6.07) is 2.75. The van der Waals surface area contributed by atoms with Gasteiger partial charge in [0.2, 0.25) is 5.75 Å². The van der Waals surface area contributed by atoms with Crippen molar-refractivity contribution in [2.24, 2.45) is 0 Å². The van der Waals surface area contributed by atoms with Gasteiger partial charge in [-0.1, -0.05) is 0 Å². The molecule has 0 unspecified atom stereocenters. The van der Waals surface area contributed by atoms with Crippen molar-refractivity contribution in [3.63, 3.8) is 0 Å².